The molecule has 1 aliphatic rings. The highest BCUT2D eigenvalue weighted by Gasteiger charge is 2.39. The molecule has 4 nitrogen and oxygen atoms in total. The highest BCUT2D eigenvalue weighted by molar-refractivity contribution is 5.98. The summed E-state index contributed by atoms with van der Waals surface area (Å²) in [5, 5.41) is 10.4. The van der Waals surface area contributed by atoms with E-state index >= 15 is 0 Å². The van der Waals surface area contributed by atoms with Gasteiger partial charge in [0.05, 0.1) is 0 Å². The lowest BCUT2D eigenvalue weighted by molar-refractivity contribution is 0.0122. The number of hydrogen-bond acceptors (Lipinski definition) is 3. The van der Waals surface area contributed by atoms with Crippen molar-refractivity contribution in [1.29, 1.82) is 0 Å². The van der Waals surface area contributed by atoms with Crippen molar-refractivity contribution in [2.75, 3.05) is 6.54 Å². The molecule has 3 N–H and O–H groups in total. The summed E-state index contributed by atoms with van der Waals surface area (Å²) >= 11 is 0. The summed E-state index contributed by atoms with van der Waals surface area (Å²) in [5.41, 5.74) is 8.44. The van der Waals surface area contributed by atoms with Gasteiger partial charge in [0.1, 0.15) is 0 Å². The van der Waals surface area contributed by atoms with E-state index in [1.807, 2.05) is 36.4 Å². The molecule has 0 spiro atoms. The van der Waals surface area contributed by atoms with Crippen LogP contribution < -0.4 is 5.73 Å². The molecule has 1 heterocycles. The number of carbonyl (C=O) groups is 1. The van der Waals surface area contributed by atoms with Crippen LogP contribution in [0.2, 0.25) is 0 Å². The fourth-order valence-corrected chi connectivity index (χ4v) is 3.06. The lowest BCUT2D eigenvalue weighted by Gasteiger charge is -2.35. The summed E-state index contributed by atoms with van der Waals surface area (Å²) in [4.78, 5) is 14.0. The number of aliphatic hydroxyl groups excluding tert-OH is 1. The van der Waals surface area contributed by atoms with Crippen LogP contribution in [0.1, 0.15) is 41.6 Å². The van der Waals surface area contributed by atoms with Crippen molar-refractivity contribution in [3.63, 3.8) is 0 Å². The van der Waals surface area contributed by atoms with E-state index in [1.165, 1.54) is 4.90 Å². The molecular formula is C19H22N2O2. The van der Waals surface area contributed by atoms with Gasteiger partial charge in [-0.1, -0.05) is 62.4 Å². The smallest absolute Gasteiger partial charge is 0.256 e. The van der Waals surface area contributed by atoms with Crippen LogP contribution in [0.5, 0.6) is 0 Å². The molecule has 23 heavy (non-hydrogen) atoms. The quantitative estimate of drug-likeness (QED) is 0.911. The van der Waals surface area contributed by atoms with Crippen LogP contribution in [0.15, 0.2) is 54.6 Å². The van der Waals surface area contributed by atoms with E-state index in [0.29, 0.717) is 17.7 Å². The van der Waals surface area contributed by atoms with Crippen LogP contribution in [-0.2, 0) is 5.41 Å². The zero-order valence-electron chi connectivity index (χ0n) is 13.4. The molecule has 0 saturated carbocycles. The number of fused-ring (bicyclic) bond motifs is 1. The number of carbonyl (C=O) groups excluding carboxylic acids is 1. The number of rotatable bonds is 4. The fourth-order valence-electron chi connectivity index (χ4n) is 3.06. The first-order chi connectivity index (χ1) is 10.9. The van der Waals surface area contributed by atoms with Gasteiger partial charge >= 0.3 is 0 Å². The number of amides is 1. The van der Waals surface area contributed by atoms with Crippen molar-refractivity contribution in [2.45, 2.75) is 31.5 Å². The van der Waals surface area contributed by atoms with Crippen LogP contribution in [-0.4, -0.2) is 28.5 Å². The van der Waals surface area contributed by atoms with Crippen LogP contribution in [0.3, 0.4) is 0 Å². The average molecular weight is 310 g/mol. The van der Waals surface area contributed by atoms with E-state index in [4.69, 9.17) is 5.73 Å². The molecule has 0 aliphatic carbocycles. The molecule has 2 aromatic carbocycles. The summed E-state index contributed by atoms with van der Waals surface area (Å²) in [7, 11) is 0. The Morgan fingerprint density at radius 2 is 1.74 bits per heavy atom. The molecule has 2 aromatic rings. The Bertz CT molecular complexity index is 712. The van der Waals surface area contributed by atoms with Crippen molar-refractivity contribution >= 4 is 5.91 Å². The summed E-state index contributed by atoms with van der Waals surface area (Å²) in [5.74, 6) is -0.160. The first-order valence-electron chi connectivity index (χ1n) is 7.82. The third-order valence-corrected chi connectivity index (χ3v) is 4.86. The minimum absolute atomic E-state index is 0.160. The normalized spacial score (nSPS) is 18.9. The molecule has 0 fully saturated rings. The SMILES string of the molecule is CC(C)(c1ccccc1)C(N)CN1C(=O)c2ccccc2C1O. The van der Waals surface area contributed by atoms with Gasteiger partial charge in [-0.3, -0.25) is 4.79 Å². The second kappa shape index (κ2) is 5.80. The summed E-state index contributed by atoms with van der Waals surface area (Å²) in [6.07, 6.45) is -0.920. The molecule has 2 atom stereocenters. The molecule has 0 saturated heterocycles. The van der Waals surface area contributed by atoms with Crippen molar-refractivity contribution in [3.8, 4) is 0 Å². The predicted octanol–water partition coefficient (Wildman–Crippen LogP) is 2.44. The van der Waals surface area contributed by atoms with E-state index < -0.39 is 6.23 Å². The maximum atomic E-state index is 12.5. The van der Waals surface area contributed by atoms with Crippen molar-refractivity contribution < 1.29 is 9.90 Å². The molecule has 3 rings (SSSR count). The van der Waals surface area contributed by atoms with Gasteiger partial charge in [-0.05, 0) is 11.6 Å². The Kier molecular flexibility index (Phi) is 3.96. The largest absolute Gasteiger partial charge is 0.369 e. The summed E-state index contributed by atoms with van der Waals surface area (Å²) < 4.78 is 0. The standard InChI is InChI=1S/C19H22N2O2/c1-19(2,13-8-4-3-5-9-13)16(20)12-21-17(22)14-10-6-7-11-15(14)18(21)23/h3-11,16-17,22H,12,20H2,1-2H3. The number of benzene rings is 2. The number of nitrogens with two attached hydrogens (primary N) is 1. The third-order valence-electron chi connectivity index (χ3n) is 4.86. The first-order valence-corrected chi connectivity index (χ1v) is 7.82. The van der Waals surface area contributed by atoms with E-state index in [-0.39, 0.29) is 17.4 Å². The molecule has 0 aromatic heterocycles. The van der Waals surface area contributed by atoms with Gasteiger partial charge in [-0.2, -0.15) is 0 Å². The first kappa shape index (κ1) is 15.7. The molecule has 1 aliphatic heterocycles. The van der Waals surface area contributed by atoms with Gasteiger partial charge in [0, 0.05) is 29.1 Å². The van der Waals surface area contributed by atoms with Crippen molar-refractivity contribution in [1.82, 2.24) is 4.90 Å². The molecule has 0 bridgehead atoms. The minimum atomic E-state index is -0.920. The van der Waals surface area contributed by atoms with Crippen LogP contribution in [0.4, 0.5) is 0 Å². The maximum Gasteiger partial charge on any atom is 0.256 e. The average Bonchev–Trinajstić information content (AvgIpc) is 2.81. The van der Waals surface area contributed by atoms with E-state index in [2.05, 4.69) is 13.8 Å². The van der Waals surface area contributed by atoms with Crippen molar-refractivity contribution in [3.05, 3.63) is 71.3 Å². The summed E-state index contributed by atoms with van der Waals surface area (Å²) in [6.45, 7) is 4.43. The highest BCUT2D eigenvalue weighted by atomic mass is 16.3. The van der Waals surface area contributed by atoms with Gasteiger partial charge in [0.15, 0.2) is 6.23 Å². The topological polar surface area (TPSA) is 66.6 Å². The predicted molar refractivity (Wildman–Crippen MR) is 89.9 cm³/mol. The number of aliphatic hydroxyl groups is 1. The van der Waals surface area contributed by atoms with Crippen LogP contribution >= 0.6 is 0 Å². The molecule has 4 heteroatoms. The Hall–Kier alpha value is -2.17. The summed E-state index contributed by atoms with van der Waals surface area (Å²) in [6, 6.07) is 16.9. The van der Waals surface area contributed by atoms with Gasteiger partial charge in [0.25, 0.3) is 5.91 Å². The lowest BCUT2D eigenvalue weighted by Crippen LogP contribution is -2.49. The fraction of sp³-hybridized carbons (Fsp3) is 0.316. The molecular weight excluding hydrogens is 288 g/mol. The van der Waals surface area contributed by atoms with Gasteiger partial charge in [0.2, 0.25) is 0 Å². The second-order valence-electron chi connectivity index (χ2n) is 6.61. The Morgan fingerprint density at radius 3 is 2.39 bits per heavy atom. The van der Waals surface area contributed by atoms with E-state index in [1.54, 1.807) is 18.2 Å². The highest BCUT2D eigenvalue weighted by Crippen LogP contribution is 2.33. The molecule has 0 radical (unpaired) electrons. The van der Waals surface area contributed by atoms with Gasteiger partial charge in [-0.25, -0.2) is 0 Å². The Morgan fingerprint density at radius 1 is 1.13 bits per heavy atom. The van der Waals surface area contributed by atoms with Gasteiger partial charge < -0.3 is 15.7 Å². The minimum Gasteiger partial charge on any atom is -0.369 e. The van der Waals surface area contributed by atoms with Gasteiger partial charge in [-0.15, -0.1) is 0 Å². The maximum absolute atomic E-state index is 12.5. The van der Waals surface area contributed by atoms with E-state index in [0.717, 1.165) is 5.56 Å². The zero-order chi connectivity index (χ0) is 16.6. The molecule has 120 valence electrons. The number of hydrogen-bond donors (Lipinski definition) is 2. The van der Waals surface area contributed by atoms with Crippen LogP contribution in [0.25, 0.3) is 0 Å². The van der Waals surface area contributed by atoms with E-state index in [9.17, 15) is 9.90 Å². The third kappa shape index (κ3) is 2.64. The Balaban J connectivity index is 1.82. The zero-order valence-corrected chi connectivity index (χ0v) is 13.4. The molecule has 1 amide bonds. The van der Waals surface area contributed by atoms with Crippen LogP contribution in [0, 0.1) is 0 Å². The van der Waals surface area contributed by atoms with Crippen molar-refractivity contribution in [2.24, 2.45) is 5.73 Å². The number of nitrogens with zero attached hydrogens (tertiary/aromatic N) is 1. The lowest BCUT2D eigenvalue weighted by atomic mass is 9.78. The Labute approximate surface area is 136 Å². The molecule has 2 unspecified atom stereocenters. The second-order valence-corrected chi connectivity index (χ2v) is 6.61. The monoisotopic (exact) mass is 310 g/mol.